The van der Waals surface area contributed by atoms with Gasteiger partial charge in [0, 0.05) is 22.8 Å². The summed E-state index contributed by atoms with van der Waals surface area (Å²) in [5.41, 5.74) is 0.272. The number of halogens is 1. The number of amides is 1. The van der Waals surface area contributed by atoms with Crippen LogP contribution in [0.5, 0.6) is 0 Å². The standard InChI is InChI=1S/C13H9BrN2O3S/c14-11-3-1-9(20-11)2-4-12(17)16-8-5-6-15-10(7-8)13(18)19/h1-7H,(H,18,19)(H,15,16,17). The SMILES string of the molecule is O=C(C=Cc1ccc(Br)s1)Nc1ccnc(C(=O)O)c1. The van der Waals surface area contributed by atoms with E-state index in [1.165, 1.54) is 35.7 Å². The van der Waals surface area contributed by atoms with Gasteiger partial charge in [-0.2, -0.15) is 0 Å². The number of aromatic carboxylic acids is 1. The average Bonchev–Trinajstić information content (AvgIpc) is 2.82. The lowest BCUT2D eigenvalue weighted by Gasteiger charge is -2.02. The summed E-state index contributed by atoms with van der Waals surface area (Å²) in [5, 5.41) is 11.4. The summed E-state index contributed by atoms with van der Waals surface area (Å²) >= 11 is 4.84. The third kappa shape index (κ3) is 4.01. The van der Waals surface area contributed by atoms with E-state index in [0.717, 1.165) is 8.66 Å². The second kappa shape index (κ2) is 6.44. The Kier molecular flexibility index (Phi) is 4.65. The van der Waals surface area contributed by atoms with Crippen molar-refractivity contribution >= 4 is 50.9 Å². The molecule has 102 valence electrons. The maximum Gasteiger partial charge on any atom is 0.354 e. The molecule has 0 fully saturated rings. The van der Waals surface area contributed by atoms with Crippen LogP contribution >= 0.6 is 27.3 Å². The number of carboxylic acids is 1. The van der Waals surface area contributed by atoms with Crippen molar-refractivity contribution in [2.24, 2.45) is 0 Å². The molecule has 0 saturated carbocycles. The van der Waals surface area contributed by atoms with Crippen LogP contribution in [0, 0.1) is 0 Å². The first-order chi connectivity index (χ1) is 9.54. The lowest BCUT2D eigenvalue weighted by molar-refractivity contribution is -0.111. The van der Waals surface area contributed by atoms with Gasteiger partial charge < -0.3 is 10.4 Å². The second-order valence-electron chi connectivity index (χ2n) is 3.70. The molecule has 7 heteroatoms. The second-order valence-corrected chi connectivity index (χ2v) is 6.19. The van der Waals surface area contributed by atoms with Gasteiger partial charge in [0.2, 0.25) is 5.91 Å². The van der Waals surface area contributed by atoms with Gasteiger partial charge in [0.1, 0.15) is 5.69 Å². The molecule has 0 aromatic carbocycles. The van der Waals surface area contributed by atoms with E-state index >= 15 is 0 Å². The molecule has 1 amide bonds. The first-order valence-corrected chi connectivity index (χ1v) is 7.09. The summed E-state index contributed by atoms with van der Waals surface area (Å²) in [4.78, 5) is 27.1. The van der Waals surface area contributed by atoms with Crippen molar-refractivity contribution in [3.63, 3.8) is 0 Å². The molecule has 0 aliphatic heterocycles. The number of anilines is 1. The van der Waals surface area contributed by atoms with E-state index in [0.29, 0.717) is 5.69 Å². The predicted molar refractivity (Wildman–Crippen MR) is 80.9 cm³/mol. The van der Waals surface area contributed by atoms with Crippen LogP contribution in [0.4, 0.5) is 5.69 Å². The molecule has 0 spiro atoms. The Morgan fingerprint density at radius 2 is 2.15 bits per heavy atom. The minimum Gasteiger partial charge on any atom is -0.477 e. The van der Waals surface area contributed by atoms with Crippen molar-refractivity contribution in [3.05, 3.63) is 50.9 Å². The van der Waals surface area contributed by atoms with E-state index in [1.54, 1.807) is 6.08 Å². The third-order valence-electron chi connectivity index (χ3n) is 2.24. The van der Waals surface area contributed by atoms with Crippen LogP contribution in [-0.2, 0) is 4.79 Å². The molecule has 2 aromatic heterocycles. The zero-order valence-corrected chi connectivity index (χ0v) is 12.4. The topological polar surface area (TPSA) is 79.3 Å². The van der Waals surface area contributed by atoms with Crippen LogP contribution in [0.25, 0.3) is 6.08 Å². The van der Waals surface area contributed by atoms with Crippen LogP contribution in [-0.4, -0.2) is 22.0 Å². The number of aromatic nitrogens is 1. The first kappa shape index (κ1) is 14.4. The quantitative estimate of drug-likeness (QED) is 0.827. The van der Waals surface area contributed by atoms with Crippen molar-refractivity contribution in [2.75, 3.05) is 5.32 Å². The number of carbonyl (C=O) groups excluding carboxylic acids is 1. The van der Waals surface area contributed by atoms with E-state index in [9.17, 15) is 9.59 Å². The van der Waals surface area contributed by atoms with Crippen molar-refractivity contribution in [3.8, 4) is 0 Å². The highest BCUT2D eigenvalue weighted by Crippen LogP contribution is 2.23. The van der Waals surface area contributed by atoms with Crippen molar-refractivity contribution in [1.29, 1.82) is 0 Å². The molecule has 20 heavy (non-hydrogen) atoms. The smallest absolute Gasteiger partial charge is 0.354 e. The third-order valence-corrected chi connectivity index (χ3v) is 3.83. The summed E-state index contributed by atoms with van der Waals surface area (Å²) in [6.45, 7) is 0. The summed E-state index contributed by atoms with van der Waals surface area (Å²) < 4.78 is 0.984. The monoisotopic (exact) mass is 352 g/mol. The van der Waals surface area contributed by atoms with Crippen LogP contribution in [0.3, 0.4) is 0 Å². The van der Waals surface area contributed by atoms with Gasteiger partial charge in [0.15, 0.2) is 0 Å². The van der Waals surface area contributed by atoms with Gasteiger partial charge in [-0.15, -0.1) is 11.3 Å². The summed E-state index contributed by atoms with van der Waals surface area (Å²) in [6, 6.07) is 6.60. The molecule has 2 N–H and O–H groups in total. The molecule has 0 aliphatic carbocycles. The molecule has 2 heterocycles. The minimum atomic E-state index is -1.14. The molecule has 0 unspecified atom stereocenters. The largest absolute Gasteiger partial charge is 0.477 e. The van der Waals surface area contributed by atoms with Crippen molar-refractivity contribution < 1.29 is 14.7 Å². The number of thiophene rings is 1. The minimum absolute atomic E-state index is 0.117. The van der Waals surface area contributed by atoms with E-state index in [-0.39, 0.29) is 11.6 Å². The number of carbonyl (C=O) groups is 2. The van der Waals surface area contributed by atoms with Crippen LogP contribution < -0.4 is 5.32 Å². The van der Waals surface area contributed by atoms with Gasteiger partial charge in [-0.3, -0.25) is 4.79 Å². The van der Waals surface area contributed by atoms with Crippen LogP contribution in [0.2, 0.25) is 0 Å². The zero-order valence-electron chi connectivity index (χ0n) is 10.0. The highest BCUT2D eigenvalue weighted by molar-refractivity contribution is 9.11. The molecule has 5 nitrogen and oxygen atoms in total. The number of hydrogen-bond donors (Lipinski definition) is 2. The number of rotatable bonds is 4. The molecule has 0 atom stereocenters. The van der Waals surface area contributed by atoms with Gasteiger partial charge in [-0.1, -0.05) is 0 Å². The Labute approximate surface area is 127 Å². The number of hydrogen-bond acceptors (Lipinski definition) is 4. The lowest BCUT2D eigenvalue weighted by atomic mass is 10.3. The molecular weight excluding hydrogens is 344 g/mol. The van der Waals surface area contributed by atoms with Gasteiger partial charge in [-0.25, -0.2) is 9.78 Å². The van der Waals surface area contributed by atoms with Gasteiger partial charge >= 0.3 is 5.97 Å². The Morgan fingerprint density at radius 1 is 1.35 bits per heavy atom. The maximum absolute atomic E-state index is 11.7. The van der Waals surface area contributed by atoms with Crippen LogP contribution in [0.15, 0.2) is 40.3 Å². The lowest BCUT2D eigenvalue weighted by Crippen LogP contribution is -2.09. The zero-order chi connectivity index (χ0) is 14.5. The molecule has 2 aromatic rings. The molecule has 0 saturated heterocycles. The number of nitrogens with one attached hydrogen (secondary N) is 1. The summed E-state index contributed by atoms with van der Waals surface area (Å²) in [5.74, 6) is -1.47. The number of pyridine rings is 1. The summed E-state index contributed by atoms with van der Waals surface area (Å²) in [6.07, 6.45) is 4.41. The first-order valence-electron chi connectivity index (χ1n) is 5.48. The molecular formula is C13H9BrN2O3S. The maximum atomic E-state index is 11.7. The van der Waals surface area contributed by atoms with Gasteiger partial charge in [-0.05, 0) is 46.3 Å². The Balaban J connectivity index is 2.02. The fraction of sp³-hybridized carbons (Fsp3) is 0. The van der Waals surface area contributed by atoms with E-state index in [1.807, 2.05) is 12.1 Å². The van der Waals surface area contributed by atoms with E-state index < -0.39 is 5.97 Å². The Morgan fingerprint density at radius 3 is 2.80 bits per heavy atom. The normalized spacial score (nSPS) is 10.7. The molecule has 0 bridgehead atoms. The van der Waals surface area contributed by atoms with E-state index in [4.69, 9.17) is 5.11 Å². The number of carboxylic acid groups (broad SMARTS) is 1. The Bertz CT molecular complexity index is 682. The molecule has 2 rings (SSSR count). The predicted octanol–water partition coefficient (Wildman–Crippen LogP) is 3.26. The van der Waals surface area contributed by atoms with Crippen molar-refractivity contribution in [1.82, 2.24) is 4.98 Å². The van der Waals surface area contributed by atoms with Crippen LogP contribution in [0.1, 0.15) is 15.4 Å². The Hall–Kier alpha value is -1.99. The molecule has 0 radical (unpaired) electrons. The van der Waals surface area contributed by atoms with Crippen molar-refractivity contribution in [2.45, 2.75) is 0 Å². The van der Waals surface area contributed by atoms with Gasteiger partial charge in [0.05, 0.1) is 3.79 Å². The molecule has 0 aliphatic rings. The highest BCUT2D eigenvalue weighted by atomic mass is 79.9. The fourth-order valence-electron chi connectivity index (χ4n) is 1.38. The van der Waals surface area contributed by atoms with E-state index in [2.05, 4.69) is 26.2 Å². The van der Waals surface area contributed by atoms with Gasteiger partial charge in [0.25, 0.3) is 0 Å². The highest BCUT2D eigenvalue weighted by Gasteiger charge is 2.06. The average molecular weight is 353 g/mol. The number of nitrogens with zero attached hydrogens (tertiary/aromatic N) is 1. The fourth-order valence-corrected chi connectivity index (χ4v) is 2.71. The summed E-state index contributed by atoms with van der Waals surface area (Å²) in [7, 11) is 0.